The molecule has 2 rings (SSSR count). The van der Waals surface area contributed by atoms with E-state index in [2.05, 4.69) is 10.6 Å². The number of thiocarbonyl (C=S) groups is 1. The maximum Gasteiger partial charge on any atom is 0.257 e. The minimum atomic E-state index is -1.36. The van der Waals surface area contributed by atoms with Gasteiger partial charge in [-0.3, -0.25) is 10.1 Å². The van der Waals surface area contributed by atoms with Crippen molar-refractivity contribution >= 4 is 34.9 Å². The van der Waals surface area contributed by atoms with Gasteiger partial charge in [0.2, 0.25) is 0 Å². The van der Waals surface area contributed by atoms with Crippen LogP contribution in [0.2, 0.25) is 0 Å². The summed E-state index contributed by atoms with van der Waals surface area (Å²) in [5.41, 5.74) is 0.394. The monoisotopic (exact) mass is 347 g/mol. The number of nitrogens with one attached hydrogen (secondary N) is 2. The van der Waals surface area contributed by atoms with Crippen LogP contribution in [0.15, 0.2) is 42.5 Å². The number of hydrogen-bond acceptors (Lipinski definition) is 5. The van der Waals surface area contributed by atoms with Crippen molar-refractivity contribution in [3.8, 4) is 5.75 Å². The third kappa shape index (κ3) is 4.26. The maximum absolute atomic E-state index is 12.8. The number of carboxylic acid groups (broad SMARTS) is 1. The number of carbonyl (C=O) groups excluding carboxylic acids is 2. The fraction of sp³-hybridized carbons (Fsp3) is 0.0625. The van der Waals surface area contributed by atoms with Gasteiger partial charge in [0.1, 0.15) is 11.6 Å². The number of rotatable bonds is 4. The number of aromatic carboxylic acids is 1. The first-order valence-electron chi connectivity index (χ1n) is 6.68. The molecule has 0 saturated carbocycles. The molecule has 124 valence electrons. The molecule has 8 heteroatoms. The minimum absolute atomic E-state index is 0.0712. The number of methoxy groups -OCH3 is 1. The van der Waals surface area contributed by atoms with Crippen LogP contribution in [-0.4, -0.2) is 24.1 Å². The zero-order chi connectivity index (χ0) is 17.7. The van der Waals surface area contributed by atoms with Crippen molar-refractivity contribution in [2.75, 3.05) is 12.4 Å². The molecule has 6 nitrogen and oxygen atoms in total. The summed E-state index contributed by atoms with van der Waals surface area (Å²) in [6.45, 7) is 0. The molecular weight excluding hydrogens is 335 g/mol. The highest BCUT2D eigenvalue weighted by Crippen LogP contribution is 2.25. The summed E-state index contributed by atoms with van der Waals surface area (Å²) < 4.78 is 17.9. The second-order valence-electron chi connectivity index (χ2n) is 4.62. The lowest BCUT2D eigenvalue weighted by atomic mass is 10.2. The van der Waals surface area contributed by atoms with Gasteiger partial charge in [0, 0.05) is 5.56 Å². The highest BCUT2D eigenvalue weighted by Gasteiger charge is 2.11. The van der Waals surface area contributed by atoms with E-state index in [-0.39, 0.29) is 21.9 Å². The SMILES string of the molecule is COc1ccc(C(=O)[O-])cc1NC(=S)NC(=O)c1ccc(F)cc1. The summed E-state index contributed by atoms with van der Waals surface area (Å²) in [5.74, 6) is -2.03. The third-order valence-electron chi connectivity index (χ3n) is 3.02. The Balaban J connectivity index is 2.11. The lowest BCUT2D eigenvalue weighted by Crippen LogP contribution is -2.34. The summed E-state index contributed by atoms with van der Waals surface area (Å²) in [5, 5.41) is 15.9. The van der Waals surface area contributed by atoms with E-state index in [1.54, 1.807) is 0 Å². The van der Waals surface area contributed by atoms with Gasteiger partial charge < -0.3 is 20.0 Å². The van der Waals surface area contributed by atoms with Crippen molar-refractivity contribution in [3.63, 3.8) is 0 Å². The first-order valence-corrected chi connectivity index (χ1v) is 7.09. The molecule has 0 saturated heterocycles. The number of halogens is 1. The zero-order valence-corrected chi connectivity index (χ0v) is 13.3. The van der Waals surface area contributed by atoms with Gasteiger partial charge in [0.05, 0.1) is 18.8 Å². The van der Waals surface area contributed by atoms with Crippen LogP contribution in [0.3, 0.4) is 0 Å². The summed E-state index contributed by atoms with van der Waals surface area (Å²) in [6, 6.07) is 8.94. The molecule has 0 spiro atoms. The van der Waals surface area contributed by atoms with Gasteiger partial charge in [0.15, 0.2) is 5.11 Å². The van der Waals surface area contributed by atoms with Gasteiger partial charge in [-0.05, 0) is 60.2 Å². The summed E-state index contributed by atoms with van der Waals surface area (Å²) in [7, 11) is 1.40. The van der Waals surface area contributed by atoms with Crippen molar-refractivity contribution in [2.45, 2.75) is 0 Å². The van der Waals surface area contributed by atoms with Crippen molar-refractivity contribution in [1.82, 2.24) is 5.32 Å². The first kappa shape index (κ1) is 17.4. The van der Waals surface area contributed by atoms with E-state index in [0.29, 0.717) is 5.75 Å². The molecule has 0 aliphatic heterocycles. The molecule has 0 heterocycles. The van der Waals surface area contributed by atoms with Gasteiger partial charge in [0.25, 0.3) is 5.91 Å². The van der Waals surface area contributed by atoms with Crippen molar-refractivity contribution < 1.29 is 23.8 Å². The van der Waals surface area contributed by atoms with Crippen molar-refractivity contribution in [3.05, 3.63) is 59.4 Å². The van der Waals surface area contributed by atoms with Gasteiger partial charge >= 0.3 is 0 Å². The summed E-state index contributed by atoms with van der Waals surface area (Å²) >= 11 is 5.02. The first-order chi connectivity index (χ1) is 11.4. The van der Waals surface area contributed by atoms with Crippen LogP contribution in [-0.2, 0) is 0 Å². The van der Waals surface area contributed by atoms with Crippen LogP contribution in [0.1, 0.15) is 20.7 Å². The molecule has 0 unspecified atom stereocenters. The zero-order valence-electron chi connectivity index (χ0n) is 12.5. The van der Waals surface area contributed by atoms with E-state index < -0.39 is 17.7 Å². The van der Waals surface area contributed by atoms with Gasteiger partial charge in [-0.25, -0.2) is 4.39 Å². The number of ether oxygens (including phenoxy) is 1. The maximum atomic E-state index is 12.8. The Hall–Kier alpha value is -3.00. The Morgan fingerprint density at radius 2 is 1.75 bits per heavy atom. The number of anilines is 1. The standard InChI is InChI=1S/C16H13FN2O4S/c1-23-13-7-4-10(15(21)22)8-12(13)18-16(24)19-14(20)9-2-5-11(17)6-3-9/h2-8H,1H3,(H,21,22)(H2,18,19,20,24)/p-1. The van der Waals surface area contributed by atoms with Crippen molar-refractivity contribution in [1.29, 1.82) is 0 Å². The lowest BCUT2D eigenvalue weighted by molar-refractivity contribution is -0.255. The van der Waals surface area contributed by atoms with E-state index in [0.717, 1.165) is 12.1 Å². The second kappa shape index (κ2) is 7.51. The molecule has 0 aromatic heterocycles. The molecule has 2 aromatic carbocycles. The largest absolute Gasteiger partial charge is 0.545 e. The fourth-order valence-corrected chi connectivity index (χ4v) is 2.07. The number of benzene rings is 2. The second-order valence-corrected chi connectivity index (χ2v) is 5.03. The normalized spacial score (nSPS) is 9.92. The van der Waals surface area contributed by atoms with Crippen LogP contribution in [0, 0.1) is 5.82 Å². The van der Waals surface area contributed by atoms with E-state index in [1.165, 1.54) is 37.4 Å². The Morgan fingerprint density at radius 1 is 1.12 bits per heavy atom. The highest BCUT2D eigenvalue weighted by molar-refractivity contribution is 7.80. The van der Waals surface area contributed by atoms with Gasteiger partial charge in [-0.2, -0.15) is 0 Å². The Bertz CT molecular complexity index is 793. The van der Waals surface area contributed by atoms with Crippen LogP contribution < -0.4 is 20.5 Å². The molecule has 0 fully saturated rings. The van der Waals surface area contributed by atoms with Crippen molar-refractivity contribution in [2.24, 2.45) is 0 Å². The number of carboxylic acids is 1. The number of hydrogen-bond donors (Lipinski definition) is 2. The summed E-state index contributed by atoms with van der Waals surface area (Å²) in [4.78, 5) is 22.9. The third-order valence-corrected chi connectivity index (χ3v) is 3.22. The lowest BCUT2D eigenvalue weighted by Gasteiger charge is -2.14. The minimum Gasteiger partial charge on any atom is -0.545 e. The Morgan fingerprint density at radius 3 is 2.33 bits per heavy atom. The average Bonchev–Trinajstić information content (AvgIpc) is 2.55. The molecule has 0 aliphatic rings. The molecule has 1 amide bonds. The van der Waals surface area contributed by atoms with Crippen LogP contribution in [0.25, 0.3) is 0 Å². The molecule has 0 radical (unpaired) electrons. The predicted octanol–water partition coefficient (Wildman–Crippen LogP) is 1.32. The van der Waals surface area contributed by atoms with E-state index in [1.807, 2.05) is 0 Å². The smallest absolute Gasteiger partial charge is 0.257 e. The van der Waals surface area contributed by atoms with E-state index >= 15 is 0 Å². The van der Waals surface area contributed by atoms with E-state index in [9.17, 15) is 19.1 Å². The fourth-order valence-electron chi connectivity index (χ4n) is 1.86. The quantitative estimate of drug-likeness (QED) is 0.811. The van der Waals surface area contributed by atoms with Gasteiger partial charge in [-0.1, -0.05) is 0 Å². The molecule has 24 heavy (non-hydrogen) atoms. The predicted molar refractivity (Wildman–Crippen MR) is 87.4 cm³/mol. The number of carbonyl (C=O) groups is 2. The van der Waals surface area contributed by atoms with Crippen LogP contribution in [0.5, 0.6) is 5.75 Å². The van der Waals surface area contributed by atoms with E-state index in [4.69, 9.17) is 17.0 Å². The Labute approximate surface area is 142 Å². The molecule has 0 aliphatic carbocycles. The van der Waals surface area contributed by atoms with Crippen LogP contribution in [0.4, 0.5) is 10.1 Å². The molecule has 0 atom stereocenters. The summed E-state index contributed by atoms with van der Waals surface area (Å²) in [6.07, 6.45) is 0. The molecular formula is C16H12FN2O4S-. The average molecular weight is 347 g/mol. The molecule has 2 N–H and O–H groups in total. The molecule has 0 bridgehead atoms. The van der Waals surface area contributed by atoms with Crippen LogP contribution >= 0.6 is 12.2 Å². The highest BCUT2D eigenvalue weighted by atomic mass is 32.1. The number of amides is 1. The Kier molecular flexibility index (Phi) is 5.43. The molecule has 2 aromatic rings. The topological polar surface area (TPSA) is 90.5 Å². The van der Waals surface area contributed by atoms with Gasteiger partial charge in [-0.15, -0.1) is 0 Å².